The van der Waals surface area contributed by atoms with E-state index < -0.39 is 23.8 Å². The molecular formula is C8H11NO5. The molecule has 14 heavy (non-hydrogen) atoms. The second-order valence-electron chi connectivity index (χ2n) is 2.97. The summed E-state index contributed by atoms with van der Waals surface area (Å²) in [5, 5.41) is 8.52. The third-order valence-electron chi connectivity index (χ3n) is 1.97. The number of hydrogen-bond donors (Lipinski definition) is 1. The summed E-state index contributed by atoms with van der Waals surface area (Å²) in [6.45, 7) is 1.92. The summed E-state index contributed by atoms with van der Waals surface area (Å²) in [6, 6.07) is 0. The molecule has 0 spiro atoms. The first-order valence-corrected chi connectivity index (χ1v) is 4.25. The van der Waals surface area contributed by atoms with Crippen molar-refractivity contribution in [1.29, 1.82) is 0 Å². The van der Waals surface area contributed by atoms with Crippen molar-refractivity contribution in [2.45, 2.75) is 6.92 Å². The molecule has 0 aromatic rings. The van der Waals surface area contributed by atoms with Crippen LogP contribution in [0.25, 0.3) is 0 Å². The topological polar surface area (TPSA) is 83.9 Å². The smallest absolute Gasteiger partial charge is 0.397 e. The highest BCUT2D eigenvalue weighted by Gasteiger charge is 2.38. The molecule has 78 valence electrons. The molecule has 1 aliphatic heterocycles. The highest BCUT2D eigenvalue weighted by atomic mass is 16.5. The van der Waals surface area contributed by atoms with Gasteiger partial charge in [-0.3, -0.25) is 9.59 Å². The minimum atomic E-state index is -0.946. The lowest BCUT2D eigenvalue weighted by molar-refractivity contribution is -0.166. The van der Waals surface area contributed by atoms with Gasteiger partial charge in [0, 0.05) is 13.1 Å². The van der Waals surface area contributed by atoms with Gasteiger partial charge in [-0.15, -0.1) is 0 Å². The number of carboxylic acids is 1. The van der Waals surface area contributed by atoms with Gasteiger partial charge in [-0.1, -0.05) is 0 Å². The first-order chi connectivity index (χ1) is 6.56. The molecular weight excluding hydrogens is 190 g/mol. The third kappa shape index (κ3) is 2.01. The lowest BCUT2D eigenvalue weighted by Crippen LogP contribution is -2.55. The molecule has 0 bridgehead atoms. The molecule has 0 aromatic heterocycles. The number of ether oxygens (including phenoxy) is 1. The van der Waals surface area contributed by atoms with E-state index in [2.05, 4.69) is 4.74 Å². The number of aliphatic carboxylic acids is 1. The molecule has 0 atom stereocenters. The minimum absolute atomic E-state index is 0.0903. The SMILES string of the molecule is CCOC(=O)C(=O)N1CC(C(=O)O)C1. The predicted molar refractivity (Wildman–Crippen MR) is 44.3 cm³/mol. The van der Waals surface area contributed by atoms with Crippen LogP contribution in [0.1, 0.15) is 6.92 Å². The number of carbonyl (C=O) groups excluding carboxylic acids is 2. The largest absolute Gasteiger partial charge is 0.481 e. The maximum absolute atomic E-state index is 11.1. The molecule has 0 saturated carbocycles. The summed E-state index contributed by atoms with van der Waals surface area (Å²) in [5.41, 5.74) is 0. The van der Waals surface area contributed by atoms with Gasteiger partial charge in [0.1, 0.15) is 0 Å². The van der Waals surface area contributed by atoms with Gasteiger partial charge < -0.3 is 14.7 Å². The van der Waals surface area contributed by atoms with E-state index in [4.69, 9.17) is 5.11 Å². The van der Waals surface area contributed by atoms with Crippen LogP contribution in [-0.2, 0) is 19.1 Å². The van der Waals surface area contributed by atoms with Crippen LogP contribution in [-0.4, -0.2) is 47.5 Å². The van der Waals surface area contributed by atoms with E-state index in [1.54, 1.807) is 6.92 Å². The Morgan fingerprint density at radius 3 is 2.43 bits per heavy atom. The lowest BCUT2D eigenvalue weighted by Gasteiger charge is -2.35. The van der Waals surface area contributed by atoms with E-state index in [9.17, 15) is 14.4 Å². The average Bonchev–Trinajstić information content (AvgIpc) is 2.00. The monoisotopic (exact) mass is 201 g/mol. The molecule has 1 heterocycles. The van der Waals surface area contributed by atoms with Gasteiger partial charge >= 0.3 is 17.8 Å². The van der Waals surface area contributed by atoms with Crippen molar-refractivity contribution in [2.24, 2.45) is 5.92 Å². The zero-order chi connectivity index (χ0) is 10.7. The van der Waals surface area contributed by atoms with Gasteiger partial charge in [0.15, 0.2) is 0 Å². The molecule has 0 unspecified atom stereocenters. The fourth-order valence-corrected chi connectivity index (χ4v) is 1.12. The van der Waals surface area contributed by atoms with E-state index in [0.29, 0.717) is 0 Å². The molecule has 6 nitrogen and oxygen atoms in total. The Bertz CT molecular complexity index is 269. The van der Waals surface area contributed by atoms with Crippen LogP contribution in [0.5, 0.6) is 0 Å². The maximum Gasteiger partial charge on any atom is 0.397 e. The maximum atomic E-state index is 11.1. The molecule has 1 rings (SSSR count). The van der Waals surface area contributed by atoms with Gasteiger partial charge in [0.05, 0.1) is 12.5 Å². The van der Waals surface area contributed by atoms with E-state index in [1.165, 1.54) is 0 Å². The second kappa shape index (κ2) is 4.08. The van der Waals surface area contributed by atoms with Gasteiger partial charge in [-0.05, 0) is 6.92 Å². The highest BCUT2D eigenvalue weighted by Crippen LogP contribution is 2.15. The second-order valence-corrected chi connectivity index (χ2v) is 2.97. The minimum Gasteiger partial charge on any atom is -0.481 e. The number of nitrogens with zero attached hydrogens (tertiary/aromatic N) is 1. The van der Waals surface area contributed by atoms with E-state index in [1.807, 2.05) is 0 Å². The zero-order valence-electron chi connectivity index (χ0n) is 7.73. The Morgan fingerprint density at radius 1 is 1.43 bits per heavy atom. The number of likely N-dealkylation sites (tertiary alicyclic amines) is 1. The van der Waals surface area contributed by atoms with Gasteiger partial charge in [-0.2, -0.15) is 0 Å². The number of rotatable bonds is 2. The molecule has 1 saturated heterocycles. The Balaban J connectivity index is 2.36. The van der Waals surface area contributed by atoms with E-state index in [-0.39, 0.29) is 19.7 Å². The number of carbonyl (C=O) groups is 3. The summed E-state index contributed by atoms with van der Waals surface area (Å²) in [5.74, 6) is -3.17. The Kier molecular flexibility index (Phi) is 3.06. The van der Waals surface area contributed by atoms with Gasteiger partial charge in [0.2, 0.25) is 0 Å². The molecule has 1 amide bonds. The number of esters is 1. The fraction of sp³-hybridized carbons (Fsp3) is 0.625. The third-order valence-corrected chi connectivity index (χ3v) is 1.97. The molecule has 6 heteroatoms. The van der Waals surface area contributed by atoms with Crippen molar-refractivity contribution in [3.05, 3.63) is 0 Å². The molecule has 1 N–H and O–H groups in total. The first kappa shape index (κ1) is 10.5. The molecule has 0 aromatic carbocycles. The molecule has 1 fully saturated rings. The van der Waals surface area contributed by atoms with Crippen LogP contribution in [0.3, 0.4) is 0 Å². The van der Waals surface area contributed by atoms with Crippen molar-refractivity contribution < 1.29 is 24.2 Å². The van der Waals surface area contributed by atoms with E-state index in [0.717, 1.165) is 4.90 Å². The summed E-state index contributed by atoms with van der Waals surface area (Å²) in [7, 11) is 0. The van der Waals surface area contributed by atoms with Crippen molar-refractivity contribution in [1.82, 2.24) is 4.90 Å². The van der Waals surface area contributed by atoms with Crippen LogP contribution in [0.4, 0.5) is 0 Å². The average molecular weight is 201 g/mol. The first-order valence-electron chi connectivity index (χ1n) is 4.25. The molecule has 0 radical (unpaired) electrons. The zero-order valence-corrected chi connectivity index (χ0v) is 7.73. The summed E-state index contributed by atoms with van der Waals surface area (Å²) in [6.07, 6.45) is 0. The Hall–Kier alpha value is -1.59. The Labute approximate surface area is 80.4 Å². The fourth-order valence-electron chi connectivity index (χ4n) is 1.12. The number of carboxylic acid groups (broad SMARTS) is 1. The van der Waals surface area contributed by atoms with Crippen molar-refractivity contribution in [3.63, 3.8) is 0 Å². The van der Waals surface area contributed by atoms with Crippen LogP contribution >= 0.6 is 0 Å². The summed E-state index contributed by atoms with van der Waals surface area (Å²) in [4.78, 5) is 33.6. The molecule has 0 aliphatic carbocycles. The van der Waals surface area contributed by atoms with E-state index >= 15 is 0 Å². The van der Waals surface area contributed by atoms with Crippen molar-refractivity contribution in [2.75, 3.05) is 19.7 Å². The van der Waals surface area contributed by atoms with Crippen LogP contribution in [0.2, 0.25) is 0 Å². The quantitative estimate of drug-likeness (QED) is 0.462. The van der Waals surface area contributed by atoms with Gasteiger partial charge in [-0.25, -0.2) is 4.79 Å². The highest BCUT2D eigenvalue weighted by molar-refractivity contribution is 6.32. The van der Waals surface area contributed by atoms with Gasteiger partial charge in [0.25, 0.3) is 0 Å². The number of amides is 1. The lowest BCUT2D eigenvalue weighted by atomic mass is 10.0. The van der Waals surface area contributed by atoms with Crippen LogP contribution in [0, 0.1) is 5.92 Å². The summed E-state index contributed by atoms with van der Waals surface area (Å²) < 4.78 is 4.48. The Morgan fingerprint density at radius 2 is 2.00 bits per heavy atom. The molecule has 1 aliphatic rings. The van der Waals surface area contributed by atoms with Crippen LogP contribution in [0.15, 0.2) is 0 Å². The normalized spacial score (nSPS) is 15.9. The standard InChI is InChI=1S/C8H11NO5/c1-2-14-8(13)6(10)9-3-5(4-9)7(11)12/h5H,2-4H2,1H3,(H,11,12). The summed E-state index contributed by atoms with van der Waals surface area (Å²) >= 11 is 0. The number of hydrogen-bond acceptors (Lipinski definition) is 4. The van der Waals surface area contributed by atoms with Crippen LogP contribution < -0.4 is 0 Å². The van der Waals surface area contributed by atoms with Crippen molar-refractivity contribution in [3.8, 4) is 0 Å². The predicted octanol–water partition coefficient (Wildman–Crippen LogP) is -0.907. The van der Waals surface area contributed by atoms with Crippen molar-refractivity contribution >= 4 is 17.8 Å².